The van der Waals surface area contributed by atoms with Crippen LogP contribution in [0.1, 0.15) is 18.4 Å². The molecule has 0 radical (unpaired) electrons. The molecule has 0 spiro atoms. The Morgan fingerprint density at radius 3 is 2.75 bits per heavy atom. The summed E-state index contributed by atoms with van der Waals surface area (Å²) >= 11 is 0. The Kier molecular flexibility index (Phi) is 7.65. The molecular weight excluding hydrogens is 361 g/mol. The molecule has 0 bridgehead atoms. The lowest BCUT2D eigenvalue weighted by molar-refractivity contribution is 0.0310. The highest BCUT2D eigenvalue weighted by Crippen LogP contribution is 2.26. The number of aliphatic hydroxyl groups is 1. The maximum atomic E-state index is 13.5. The monoisotopic (exact) mass is 389 g/mol. The molecule has 1 aliphatic rings. The van der Waals surface area contributed by atoms with E-state index in [9.17, 15) is 9.50 Å². The molecule has 5 nitrogen and oxygen atoms in total. The van der Waals surface area contributed by atoms with Crippen LogP contribution in [-0.4, -0.2) is 55.6 Å². The zero-order chi connectivity index (χ0) is 19.8. The first-order chi connectivity index (χ1) is 13.6. The first-order valence-electron chi connectivity index (χ1n) is 9.66. The maximum Gasteiger partial charge on any atom is 0.161 e. The van der Waals surface area contributed by atoms with Gasteiger partial charge in [-0.25, -0.2) is 4.39 Å². The van der Waals surface area contributed by atoms with Crippen molar-refractivity contribution < 1.29 is 23.7 Å². The summed E-state index contributed by atoms with van der Waals surface area (Å²) in [6, 6.07) is 13.9. The third-order valence-electron chi connectivity index (χ3n) is 4.75. The molecule has 2 unspecified atom stereocenters. The average Bonchev–Trinajstić information content (AvgIpc) is 3.19. The largest absolute Gasteiger partial charge is 0.493 e. The Balaban J connectivity index is 1.58. The van der Waals surface area contributed by atoms with Gasteiger partial charge in [0.1, 0.15) is 18.5 Å². The van der Waals surface area contributed by atoms with E-state index in [-0.39, 0.29) is 18.5 Å². The summed E-state index contributed by atoms with van der Waals surface area (Å²) in [7, 11) is 1.58. The number of methoxy groups -OCH3 is 1. The number of para-hydroxylation sites is 2. The van der Waals surface area contributed by atoms with Crippen LogP contribution in [0.3, 0.4) is 0 Å². The van der Waals surface area contributed by atoms with Crippen LogP contribution in [0.5, 0.6) is 11.5 Å². The van der Waals surface area contributed by atoms with E-state index in [4.69, 9.17) is 14.2 Å². The first-order valence-corrected chi connectivity index (χ1v) is 9.66. The Bertz CT molecular complexity index is 736. The molecule has 0 aliphatic carbocycles. The molecule has 152 valence electrons. The zero-order valence-electron chi connectivity index (χ0n) is 16.2. The van der Waals surface area contributed by atoms with E-state index in [0.29, 0.717) is 31.1 Å². The van der Waals surface area contributed by atoms with Crippen LogP contribution in [0.15, 0.2) is 48.5 Å². The number of hydrogen-bond donors (Lipinski definition) is 1. The second-order valence-corrected chi connectivity index (χ2v) is 7.07. The van der Waals surface area contributed by atoms with Gasteiger partial charge in [0.15, 0.2) is 11.5 Å². The Hall–Kier alpha value is -2.15. The lowest BCUT2D eigenvalue weighted by Gasteiger charge is -2.27. The van der Waals surface area contributed by atoms with Gasteiger partial charge in [0, 0.05) is 26.2 Å². The minimum absolute atomic E-state index is 0.144. The van der Waals surface area contributed by atoms with Crippen LogP contribution in [0.2, 0.25) is 0 Å². The molecule has 3 rings (SSSR count). The smallest absolute Gasteiger partial charge is 0.161 e. The first kappa shape index (κ1) is 20.6. The van der Waals surface area contributed by atoms with E-state index in [1.54, 1.807) is 13.2 Å². The molecule has 1 heterocycles. The highest BCUT2D eigenvalue weighted by atomic mass is 19.1. The predicted molar refractivity (Wildman–Crippen MR) is 105 cm³/mol. The van der Waals surface area contributed by atoms with Gasteiger partial charge in [-0.05, 0) is 42.7 Å². The highest BCUT2D eigenvalue weighted by Gasteiger charge is 2.22. The summed E-state index contributed by atoms with van der Waals surface area (Å²) in [6.45, 7) is 2.57. The summed E-state index contributed by atoms with van der Waals surface area (Å²) in [6.07, 6.45) is 1.52. The van der Waals surface area contributed by atoms with Gasteiger partial charge in [-0.2, -0.15) is 0 Å². The van der Waals surface area contributed by atoms with Gasteiger partial charge in [0.25, 0.3) is 0 Å². The molecule has 1 N–H and O–H groups in total. The second kappa shape index (κ2) is 10.4. The lowest BCUT2D eigenvalue weighted by Crippen LogP contribution is -2.39. The molecule has 2 aromatic carbocycles. The van der Waals surface area contributed by atoms with E-state index in [1.807, 2.05) is 30.3 Å². The SMILES string of the molecule is COc1ccccc1OCC(O)CN(Cc1cccc(F)c1)CC1CCCO1. The summed E-state index contributed by atoms with van der Waals surface area (Å²) in [5.74, 6) is 0.972. The number of rotatable bonds is 10. The van der Waals surface area contributed by atoms with Crippen LogP contribution >= 0.6 is 0 Å². The number of ether oxygens (including phenoxy) is 3. The summed E-state index contributed by atoms with van der Waals surface area (Å²) in [5, 5.41) is 10.5. The molecule has 1 fully saturated rings. The van der Waals surface area contributed by atoms with E-state index >= 15 is 0 Å². The van der Waals surface area contributed by atoms with Crippen molar-refractivity contribution in [2.24, 2.45) is 0 Å². The molecular formula is C22H28FNO4. The van der Waals surface area contributed by atoms with Crippen molar-refractivity contribution in [2.45, 2.75) is 31.6 Å². The summed E-state index contributed by atoms with van der Waals surface area (Å²) in [4.78, 5) is 2.10. The fourth-order valence-electron chi connectivity index (χ4n) is 3.45. The van der Waals surface area contributed by atoms with Gasteiger partial charge < -0.3 is 19.3 Å². The molecule has 6 heteroatoms. The summed E-state index contributed by atoms with van der Waals surface area (Å²) < 4.78 is 30.3. The fraction of sp³-hybridized carbons (Fsp3) is 0.455. The maximum absolute atomic E-state index is 13.5. The number of benzene rings is 2. The van der Waals surface area contributed by atoms with Crippen molar-refractivity contribution in [1.29, 1.82) is 0 Å². The Morgan fingerprint density at radius 2 is 2.04 bits per heavy atom. The van der Waals surface area contributed by atoms with Gasteiger partial charge in [-0.3, -0.25) is 4.90 Å². The van der Waals surface area contributed by atoms with E-state index in [0.717, 1.165) is 25.0 Å². The van der Waals surface area contributed by atoms with Crippen molar-refractivity contribution in [3.8, 4) is 11.5 Å². The minimum atomic E-state index is -0.695. The lowest BCUT2D eigenvalue weighted by atomic mass is 10.1. The minimum Gasteiger partial charge on any atom is -0.493 e. The quantitative estimate of drug-likeness (QED) is 0.676. The van der Waals surface area contributed by atoms with E-state index in [2.05, 4.69) is 4.90 Å². The third kappa shape index (κ3) is 6.19. The van der Waals surface area contributed by atoms with Crippen molar-refractivity contribution in [3.63, 3.8) is 0 Å². The topological polar surface area (TPSA) is 51.2 Å². The zero-order valence-corrected chi connectivity index (χ0v) is 16.2. The predicted octanol–water partition coefficient (Wildman–Crippen LogP) is 3.26. The second-order valence-electron chi connectivity index (χ2n) is 7.07. The number of halogens is 1. The molecule has 2 atom stereocenters. The number of hydrogen-bond acceptors (Lipinski definition) is 5. The third-order valence-corrected chi connectivity index (χ3v) is 4.75. The van der Waals surface area contributed by atoms with Crippen LogP contribution in [0.25, 0.3) is 0 Å². The van der Waals surface area contributed by atoms with Gasteiger partial charge in [-0.1, -0.05) is 24.3 Å². The summed E-state index contributed by atoms with van der Waals surface area (Å²) in [5.41, 5.74) is 0.871. The van der Waals surface area contributed by atoms with Gasteiger partial charge >= 0.3 is 0 Å². The molecule has 28 heavy (non-hydrogen) atoms. The van der Waals surface area contributed by atoms with Crippen molar-refractivity contribution in [3.05, 3.63) is 59.9 Å². The highest BCUT2D eigenvalue weighted by molar-refractivity contribution is 5.39. The Morgan fingerprint density at radius 1 is 1.21 bits per heavy atom. The van der Waals surface area contributed by atoms with Crippen LogP contribution < -0.4 is 9.47 Å². The van der Waals surface area contributed by atoms with Crippen LogP contribution in [-0.2, 0) is 11.3 Å². The normalized spacial score (nSPS) is 17.6. The molecule has 0 aromatic heterocycles. The fourth-order valence-corrected chi connectivity index (χ4v) is 3.45. The molecule has 0 saturated carbocycles. The van der Waals surface area contributed by atoms with Crippen LogP contribution in [0, 0.1) is 5.82 Å². The average molecular weight is 389 g/mol. The molecule has 1 aliphatic heterocycles. The van der Waals surface area contributed by atoms with Gasteiger partial charge in [-0.15, -0.1) is 0 Å². The van der Waals surface area contributed by atoms with Crippen molar-refractivity contribution >= 4 is 0 Å². The van der Waals surface area contributed by atoms with Gasteiger partial charge in [0.2, 0.25) is 0 Å². The standard InChI is InChI=1S/C22H28FNO4/c1-26-21-9-2-3-10-22(21)28-16-19(25)14-24(15-20-8-5-11-27-20)13-17-6-4-7-18(23)12-17/h2-4,6-7,9-10,12,19-20,25H,5,8,11,13-16H2,1H3. The molecule has 2 aromatic rings. The van der Waals surface area contributed by atoms with Crippen molar-refractivity contribution in [2.75, 3.05) is 33.4 Å². The van der Waals surface area contributed by atoms with E-state index < -0.39 is 6.10 Å². The molecule has 1 saturated heterocycles. The number of nitrogens with zero attached hydrogens (tertiary/aromatic N) is 1. The van der Waals surface area contributed by atoms with Gasteiger partial charge in [0.05, 0.1) is 13.2 Å². The van der Waals surface area contributed by atoms with E-state index in [1.165, 1.54) is 12.1 Å². The van der Waals surface area contributed by atoms with Crippen LogP contribution in [0.4, 0.5) is 4.39 Å². The molecule has 0 amide bonds. The van der Waals surface area contributed by atoms with Crippen molar-refractivity contribution in [1.82, 2.24) is 4.90 Å². The number of aliphatic hydroxyl groups excluding tert-OH is 1. The Labute approximate surface area is 165 Å².